The molecule has 0 aliphatic carbocycles. The van der Waals surface area contributed by atoms with E-state index in [1.807, 2.05) is 37.3 Å². The first kappa shape index (κ1) is 22.3. The topological polar surface area (TPSA) is 129 Å². The highest BCUT2D eigenvalue weighted by atomic mass is 16.2. The quantitative estimate of drug-likeness (QED) is 0.547. The summed E-state index contributed by atoms with van der Waals surface area (Å²) < 4.78 is 0. The molecular weight excluding hydrogens is 420 g/mol. The summed E-state index contributed by atoms with van der Waals surface area (Å²) in [4.78, 5) is 41.2. The highest BCUT2D eigenvalue weighted by molar-refractivity contribution is 5.96. The van der Waals surface area contributed by atoms with Crippen LogP contribution in [-0.4, -0.2) is 64.5 Å². The first-order valence-corrected chi connectivity index (χ1v) is 10.9. The molecule has 1 fully saturated rings. The molecule has 3 aromatic rings. The number of nitrogens with zero attached hydrogens (tertiary/aromatic N) is 5. The second-order valence-electron chi connectivity index (χ2n) is 8.35. The van der Waals surface area contributed by atoms with E-state index < -0.39 is 5.91 Å². The lowest BCUT2D eigenvalue weighted by atomic mass is 9.97. The van der Waals surface area contributed by atoms with Gasteiger partial charge in [-0.3, -0.25) is 9.78 Å². The highest BCUT2D eigenvalue weighted by Crippen LogP contribution is 2.27. The molecule has 2 aromatic heterocycles. The molecule has 4 N–H and O–H groups in total. The summed E-state index contributed by atoms with van der Waals surface area (Å²) in [5.41, 5.74) is 7.23. The number of aromatic nitrogens is 3. The van der Waals surface area contributed by atoms with Crippen LogP contribution in [0.1, 0.15) is 30.3 Å². The molecule has 1 aromatic carbocycles. The number of carbonyl (C=O) groups excluding carboxylic acids is 2. The number of pyridine rings is 1. The lowest BCUT2D eigenvalue weighted by molar-refractivity contribution is 0.0996. The van der Waals surface area contributed by atoms with Crippen molar-refractivity contribution in [3.05, 3.63) is 48.4 Å². The molecule has 0 spiro atoms. The average molecular weight is 449 g/mol. The molecule has 4 rings (SSSR count). The maximum absolute atomic E-state index is 12.2. The fourth-order valence-corrected chi connectivity index (χ4v) is 4.02. The summed E-state index contributed by atoms with van der Waals surface area (Å²) >= 11 is 0. The van der Waals surface area contributed by atoms with Gasteiger partial charge in [0.05, 0.1) is 17.8 Å². The van der Waals surface area contributed by atoms with Crippen molar-refractivity contribution in [3.63, 3.8) is 0 Å². The van der Waals surface area contributed by atoms with Crippen LogP contribution in [0.25, 0.3) is 10.9 Å². The predicted octanol–water partition coefficient (Wildman–Crippen LogP) is 2.50. The second-order valence-corrected chi connectivity index (χ2v) is 8.35. The monoisotopic (exact) mass is 448 g/mol. The summed E-state index contributed by atoms with van der Waals surface area (Å²) in [5, 5.41) is 7.22. The zero-order chi connectivity index (χ0) is 23.5. The molecule has 1 aliphatic rings. The SMILES string of the molecule is CC1C(NC(=O)N(C)C)CCCN1c1cnc(C(N)=O)c(Nc2ccc3ncccc3c2)n1. The summed E-state index contributed by atoms with van der Waals surface area (Å²) in [7, 11) is 3.44. The maximum Gasteiger partial charge on any atom is 0.317 e. The Hall–Kier alpha value is -3.95. The van der Waals surface area contributed by atoms with Crippen LogP contribution in [-0.2, 0) is 0 Å². The molecule has 0 saturated carbocycles. The van der Waals surface area contributed by atoms with Crippen LogP contribution >= 0.6 is 0 Å². The number of piperidine rings is 1. The first-order chi connectivity index (χ1) is 15.8. The number of anilines is 3. The van der Waals surface area contributed by atoms with Gasteiger partial charge < -0.3 is 26.2 Å². The van der Waals surface area contributed by atoms with Crippen molar-refractivity contribution in [2.24, 2.45) is 5.73 Å². The Kier molecular flexibility index (Phi) is 6.25. The van der Waals surface area contributed by atoms with E-state index in [-0.39, 0.29) is 29.6 Å². The molecule has 1 aliphatic heterocycles. The van der Waals surface area contributed by atoms with Crippen molar-refractivity contribution in [2.75, 3.05) is 30.9 Å². The Morgan fingerprint density at radius 2 is 2.03 bits per heavy atom. The van der Waals surface area contributed by atoms with Crippen LogP contribution in [0.3, 0.4) is 0 Å². The number of nitrogens with one attached hydrogen (secondary N) is 2. The maximum atomic E-state index is 12.2. The standard InChI is InChI=1S/C23H28N8O2/c1-14-17(28-23(33)30(2)3)7-5-11-31(14)19-13-26-20(21(24)32)22(29-19)27-16-8-9-18-15(12-16)6-4-10-25-18/h4,6,8-10,12-14,17H,5,7,11H2,1-3H3,(H2,24,32)(H,27,29)(H,28,33). The van der Waals surface area contributed by atoms with E-state index >= 15 is 0 Å². The van der Waals surface area contributed by atoms with Crippen LogP contribution in [0.2, 0.25) is 0 Å². The van der Waals surface area contributed by atoms with Crippen molar-refractivity contribution in [1.82, 2.24) is 25.2 Å². The molecule has 0 radical (unpaired) electrons. The second kappa shape index (κ2) is 9.27. The molecule has 10 nitrogen and oxygen atoms in total. The van der Waals surface area contributed by atoms with Crippen LogP contribution in [0.5, 0.6) is 0 Å². The number of urea groups is 1. The zero-order valence-electron chi connectivity index (χ0n) is 18.9. The van der Waals surface area contributed by atoms with Gasteiger partial charge in [-0.05, 0) is 44.0 Å². The lowest BCUT2D eigenvalue weighted by Gasteiger charge is -2.40. The minimum atomic E-state index is -0.665. The van der Waals surface area contributed by atoms with Crippen LogP contribution in [0.15, 0.2) is 42.7 Å². The fraction of sp³-hybridized carbons (Fsp3) is 0.348. The smallest absolute Gasteiger partial charge is 0.317 e. The third-order valence-corrected chi connectivity index (χ3v) is 5.86. The van der Waals surface area contributed by atoms with Crippen LogP contribution in [0, 0.1) is 0 Å². The van der Waals surface area contributed by atoms with Crippen molar-refractivity contribution in [1.29, 1.82) is 0 Å². The number of rotatable bonds is 5. The van der Waals surface area contributed by atoms with Gasteiger partial charge >= 0.3 is 6.03 Å². The summed E-state index contributed by atoms with van der Waals surface area (Å²) in [6.45, 7) is 2.81. The van der Waals surface area contributed by atoms with Gasteiger partial charge in [-0.15, -0.1) is 0 Å². The van der Waals surface area contributed by atoms with Gasteiger partial charge in [0.25, 0.3) is 5.91 Å². The minimum Gasteiger partial charge on any atom is -0.364 e. The average Bonchev–Trinajstić information content (AvgIpc) is 2.80. The number of benzene rings is 1. The van der Waals surface area contributed by atoms with E-state index in [1.165, 1.54) is 4.90 Å². The minimum absolute atomic E-state index is 0.00373. The lowest BCUT2D eigenvalue weighted by Crippen LogP contribution is -2.56. The fourth-order valence-electron chi connectivity index (χ4n) is 4.02. The van der Waals surface area contributed by atoms with E-state index in [0.717, 1.165) is 36.0 Å². The first-order valence-electron chi connectivity index (χ1n) is 10.9. The number of hydrogen-bond donors (Lipinski definition) is 3. The molecule has 1 saturated heterocycles. The van der Waals surface area contributed by atoms with E-state index in [9.17, 15) is 9.59 Å². The van der Waals surface area contributed by atoms with Crippen LogP contribution < -0.4 is 21.3 Å². The Morgan fingerprint density at radius 3 is 2.79 bits per heavy atom. The van der Waals surface area contributed by atoms with Gasteiger partial charge in [-0.25, -0.2) is 14.8 Å². The number of carbonyl (C=O) groups is 2. The van der Waals surface area contributed by atoms with Gasteiger partial charge in [-0.1, -0.05) is 6.07 Å². The molecule has 3 amide bonds. The van der Waals surface area contributed by atoms with E-state index in [0.29, 0.717) is 5.82 Å². The molecule has 2 atom stereocenters. The highest BCUT2D eigenvalue weighted by Gasteiger charge is 2.31. The summed E-state index contributed by atoms with van der Waals surface area (Å²) in [5.74, 6) is 0.234. The largest absolute Gasteiger partial charge is 0.364 e. The molecule has 3 heterocycles. The van der Waals surface area contributed by atoms with E-state index in [4.69, 9.17) is 10.7 Å². The number of fused-ring (bicyclic) bond motifs is 1. The molecule has 0 bridgehead atoms. The third kappa shape index (κ3) is 4.79. The van der Waals surface area contributed by atoms with Crippen LogP contribution in [0.4, 0.5) is 22.1 Å². The zero-order valence-corrected chi connectivity index (χ0v) is 18.9. The van der Waals surface area contributed by atoms with Gasteiger partial charge in [0.1, 0.15) is 5.82 Å². The van der Waals surface area contributed by atoms with Gasteiger partial charge in [0.2, 0.25) is 0 Å². The molecular formula is C23H28N8O2. The number of primary amides is 1. The normalized spacial score (nSPS) is 18.1. The van der Waals surface area contributed by atoms with Crippen molar-refractivity contribution >= 4 is 40.2 Å². The van der Waals surface area contributed by atoms with E-state index in [1.54, 1.807) is 26.5 Å². The third-order valence-electron chi connectivity index (χ3n) is 5.86. The summed E-state index contributed by atoms with van der Waals surface area (Å²) in [6, 6.07) is 9.35. The molecule has 172 valence electrons. The predicted molar refractivity (Wildman–Crippen MR) is 128 cm³/mol. The number of nitrogens with two attached hydrogens (primary N) is 1. The van der Waals surface area contributed by atoms with E-state index in [2.05, 4.69) is 25.5 Å². The molecule has 33 heavy (non-hydrogen) atoms. The number of hydrogen-bond acceptors (Lipinski definition) is 7. The van der Waals surface area contributed by atoms with Crippen molar-refractivity contribution in [3.8, 4) is 0 Å². The summed E-state index contributed by atoms with van der Waals surface area (Å²) in [6.07, 6.45) is 5.06. The molecule has 10 heteroatoms. The van der Waals surface area contributed by atoms with Gasteiger partial charge in [-0.2, -0.15) is 0 Å². The van der Waals surface area contributed by atoms with Gasteiger partial charge in [0, 0.05) is 44.0 Å². The Bertz CT molecular complexity index is 1180. The number of amides is 3. The van der Waals surface area contributed by atoms with Crippen molar-refractivity contribution in [2.45, 2.75) is 31.8 Å². The van der Waals surface area contributed by atoms with Gasteiger partial charge in [0.15, 0.2) is 11.5 Å². The molecule has 2 unspecified atom stereocenters. The Morgan fingerprint density at radius 1 is 1.21 bits per heavy atom. The Balaban J connectivity index is 1.62. The van der Waals surface area contributed by atoms with Crippen molar-refractivity contribution < 1.29 is 9.59 Å². The Labute approximate surface area is 192 Å².